The van der Waals surface area contributed by atoms with Crippen molar-refractivity contribution >= 4 is 23.5 Å². The highest BCUT2D eigenvalue weighted by Crippen LogP contribution is 2.35. The van der Waals surface area contributed by atoms with Crippen molar-refractivity contribution < 1.29 is 4.79 Å². The second-order valence-corrected chi connectivity index (χ2v) is 7.80. The van der Waals surface area contributed by atoms with Gasteiger partial charge >= 0.3 is 0 Å². The molecular formula is C17H24N4OS. The lowest BCUT2D eigenvalue weighted by molar-refractivity contribution is -0.141. The molecule has 2 bridgehead atoms. The zero-order valence-electron chi connectivity index (χ0n) is 13.6. The lowest BCUT2D eigenvalue weighted by atomic mass is 9.83. The third-order valence-corrected chi connectivity index (χ3v) is 6.16. The second kappa shape index (κ2) is 6.30. The molecule has 0 N–H and O–H groups in total. The molecule has 5 rings (SSSR count). The molecule has 1 aromatic rings. The molecule has 0 aromatic carbocycles. The number of thioether (sulfide) groups is 1. The largest absolute Gasteiger partial charge is 0.354 e. The molecule has 4 heterocycles. The van der Waals surface area contributed by atoms with Gasteiger partial charge in [-0.2, -0.15) is 0 Å². The Balaban J connectivity index is 1.55. The third-order valence-electron chi connectivity index (χ3n) is 5.60. The molecule has 23 heavy (non-hydrogen) atoms. The molecule has 3 saturated heterocycles. The van der Waals surface area contributed by atoms with E-state index in [2.05, 4.69) is 19.8 Å². The van der Waals surface area contributed by atoms with Gasteiger partial charge in [0.15, 0.2) is 5.16 Å². The summed E-state index contributed by atoms with van der Waals surface area (Å²) in [5.74, 6) is 2.24. The van der Waals surface area contributed by atoms with Crippen LogP contribution in [0.3, 0.4) is 0 Å². The molecule has 1 aliphatic carbocycles. The predicted molar refractivity (Wildman–Crippen MR) is 91.6 cm³/mol. The van der Waals surface area contributed by atoms with Crippen molar-refractivity contribution in [2.75, 3.05) is 30.8 Å². The van der Waals surface area contributed by atoms with E-state index in [4.69, 9.17) is 0 Å². The summed E-state index contributed by atoms with van der Waals surface area (Å²) < 4.78 is 0. The first-order chi connectivity index (χ1) is 11.2. The molecule has 1 amide bonds. The molecule has 1 saturated carbocycles. The second-order valence-electron chi connectivity index (χ2n) is 7.02. The summed E-state index contributed by atoms with van der Waals surface area (Å²) in [6.07, 6.45) is 9.93. The van der Waals surface area contributed by atoms with Gasteiger partial charge in [-0.05, 0) is 43.9 Å². The number of amides is 1. The summed E-state index contributed by atoms with van der Waals surface area (Å²) in [5.41, 5.74) is 0. The van der Waals surface area contributed by atoms with Crippen molar-refractivity contribution in [2.45, 2.75) is 43.3 Å². The molecule has 3 aliphatic heterocycles. The molecule has 124 valence electrons. The SMILES string of the molecule is CSc1nccc(N2C[C@H]3CC[C@@H](C2)N(CC2CCC2)C3=O)n1. The van der Waals surface area contributed by atoms with E-state index in [-0.39, 0.29) is 5.92 Å². The fraction of sp³-hybridized carbons (Fsp3) is 0.706. The van der Waals surface area contributed by atoms with Crippen LogP contribution < -0.4 is 4.90 Å². The Morgan fingerprint density at radius 1 is 1.26 bits per heavy atom. The van der Waals surface area contributed by atoms with E-state index < -0.39 is 0 Å². The first-order valence-electron chi connectivity index (χ1n) is 8.67. The summed E-state index contributed by atoms with van der Waals surface area (Å²) in [7, 11) is 0. The van der Waals surface area contributed by atoms with Crippen molar-refractivity contribution in [2.24, 2.45) is 11.8 Å². The van der Waals surface area contributed by atoms with E-state index in [9.17, 15) is 4.79 Å². The van der Waals surface area contributed by atoms with Crippen LogP contribution in [0.2, 0.25) is 0 Å². The minimum Gasteiger partial charge on any atom is -0.354 e. The summed E-state index contributed by atoms with van der Waals surface area (Å²) in [4.78, 5) is 26.3. The smallest absolute Gasteiger partial charge is 0.227 e. The van der Waals surface area contributed by atoms with Crippen LogP contribution in [0.5, 0.6) is 0 Å². The number of hydrogen-bond acceptors (Lipinski definition) is 5. The van der Waals surface area contributed by atoms with E-state index in [1.165, 1.54) is 19.3 Å². The predicted octanol–water partition coefficient (Wildman–Crippen LogP) is 2.43. The number of aromatic nitrogens is 2. The minimum atomic E-state index is 0.140. The van der Waals surface area contributed by atoms with Crippen LogP contribution in [0.25, 0.3) is 0 Å². The molecule has 4 fully saturated rings. The molecule has 2 atom stereocenters. The normalized spacial score (nSPS) is 28.0. The summed E-state index contributed by atoms with van der Waals surface area (Å²) in [5, 5.41) is 0.803. The lowest BCUT2D eigenvalue weighted by Crippen LogP contribution is -2.50. The summed E-state index contributed by atoms with van der Waals surface area (Å²) >= 11 is 1.56. The Morgan fingerprint density at radius 2 is 2.13 bits per heavy atom. The van der Waals surface area contributed by atoms with Gasteiger partial charge in [-0.1, -0.05) is 18.2 Å². The summed E-state index contributed by atoms with van der Waals surface area (Å²) in [6.45, 7) is 2.70. The van der Waals surface area contributed by atoms with Crippen LogP contribution in [0.4, 0.5) is 5.82 Å². The number of hydrogen-bond donors (Lipinski definition) is 0. The number of fused-ring (bicyclic) bond motifs is 4. The van der Waals surface area contributed by atoms with Crippen molar-refractivity contribution in [3.8, 4) is 0 Å². The molecule has 5 nitrogen and oxygen atoms in total. The van der Waals surface area contributed by atoms with Gasteiger partial charge in [-0.15, -0.1) is 0 Å². The first kappa shape index (κ1) is 15.2. The van der Waals surface area contributed by atoms with Crippen LogP contribution in [0, 0.1) is 11.8 Å². The van der Waals surface area contributed by atoms with Crippen molar-refractivity contribution in [3.63, 3.8) is 0 Å². The fourth-order valence-corrected chi connectivity index (χ4v) is 4.38. The van der Waals surface area contributed by atoms with Crippen molar-refractivity contribution in [1.29, 1.82) is 0 Å². The number of anilines is 1. The molecule has 0 unspecified atom stereocenters. The quantitative estimate of drug-likeness (QED) is 0.626. The number of rotatable bonds is 4. The van der Waals surface area contributed by atoms with Gasteiger partial charge in [0.1, 0.15) is 5.82 Å². The Labute approximate surface area is 141 Å². The maximum atomic E-state index is 12.8. The minimum absolute atomic E-state index is 0.140. The van der Waals surface area contributed by atoms with Gasteiger partial charge in [0.2, 0.25) is 5.91 Å². The van der Waals surface area contributed by atoms with Gasteiger partial charge in [-0.3, -0.25) is 4.79 Å². The number of carbonyl (C=O) groups is 1. The van der Waals surface area contributed by atoms with Gasteiger partial charge < -0.3 is 9.80 Å². The van der Waals surface area contributed by atoms with Gasteiger partial charge in [0.25, 0.3) is 0 Å². The topological polar surface area (TPSA) is 49.3 Å². The number of carbonyl (C=O) groups excluding carboxylic acids is 1. The molecule has 0 spiro atoms. The van der Waals surface area contributed by atoms with Crippen molar-refractivity contribution in [1.82, 2.24) is 14.9 Å². The van der Waals surface area contributed by atoms with Crippen LogP contribution in [0.15, 0.2) is 17.4 Å². The maximum absolute atomic E-state index is 12.8. The van der Waals surface area contributed by atoms with Gasteiger partial charge in [0.05, 0.1) is 5.92 Å². The van der Waals surface area contributed by atoms with Gasteiger partial charge in [-0.25, -0.2) is 9.97 Å². The van der Waals surface area contributed by atoms with E-state index >= 15 is 0 Å². The highest BCUT2D eigenvalue weighted by molar-refractivity contribution is 7.98. The Hall–Kier alpha value is -1.30. The molecule has 0 radical (unpaired) electrons. The Bertz CT molecular complexity index is 592. The zero-order chi connectivity index (χ0) is 15.8. The molecular weight excluding hydrogens is 308 g/mol. The lowest BCUT2D eigenvalue weighted by Gasteiger charge is -2.40. The maximum Gasteiger partial charge on any atom is 0.227 e. The molecule has 1 aromatic heterocycles. The number of piperidine rings is 1. The van der Waals surface area contributed by atoms with Crippen LogP contribution in [0.1, 0.15) is 32.1 Å². The van der Waals surface area contributed by atoms with E-state index in [0.29, 0.717) is 11.9 Å². The monoisotopic (exact) mass is 332 g/mol. The first-order valence-corrected chi connectivity index (χ1v) is 9.89. The average molecular weight is 332 g/mol. The average Bonchev–Trinajstić information content (AvgIpc) is 2.83. The van der Waals surface area contributed by atoms with Crippen LogP contribution >= 0.6 is 11.8 Å². The number of nitrogens with zero attached hydrogens (tertiary/aromatic N) is 4. The van der Waals surface area contributed by atoms with E-state index in [0.717, 1.165) is 49.4 Å². The van der Waals surface area contributed by atoms with E-state index in [1.807, 2.05) is 18.5 Å². The van der Waals surface area contributed by atoms with Crippen LogP contribution in [-0.2, 0) is 4.79 Å². The molecule has 4 aliphatic rings. The standard InChI is InChI=1S/C17H24N4OS/c1-23-17-18-8-7-15(19-17)20-10-13-5-6-14(11-20)21(16(13)22)9-12-3-2-4-12/h7-8,12-14H,2-6,9-11H2,1H3/t13-,14+/m1/s1. The van der Waals surface area contributed by atoms with Crippen molar-refractivity contribution in [3.05, 3.63) is 12.3 Å². The van der Waals surface area contributed by atoms with Crippen LogP contribution in [-0.4, -0.2) is 52.7 Å². The zero-order valence-corrected chi connectivity index (χ0v) is 14.5. The Morgan fingerprint density at radius 3 is 2.87 bits per heavy atom. The molecule has 6 heteroatoms. The summed E-state index contributed by atoms with van der Waals surface area (Å²) in [6, 6.07) is 2.33. The Kier molecular flexibility index (Phi) is 4.18. The van der Waals surface area contributed by atoms with E-state index in [1.54, 1.807) is 11.8 Å². The van der Waals surface area contributed by atoms with Gasteiger partial charge in [0, 0.05) is 31.9 Å². The third kappa shape index (κ3) is 2.93. The highest BCUT2D eigenvalue weighted by atomic mass is 32.2. The fourth-order valence-electron chi connectivity index (χ4n) is 4.03. The highest BCUT2D eigenvalue weighted by Gasteiger charge is 2.42.